The van der Waals surface area contributed by atoms with E-state index in [1.54, 1.807) is 16.4 Å². The maximum atomic E-state index is 13.4. The highest BCUT2D eigenvalue weighted by Gasteiger charge is 2.35. The molecule has 0 bridgehead atoms. The molecule has 5 rings (SSSR count). The Balaban J connectivity index is 1.30. The van der Waals surface area contributed by atoms with Crippen LogP contribution in [0.25, 0.3) is 11.0 Å². The molecule has 1 aliphatic carbocycles. The first kappa shape index (κ1) is 22.3. The van der Waals surface area contributed by atoms with E-state index in [0.717, 1.165) is 67.5 Å². The fourth-order valence-corrected chi connectivity index (χ4v) is 7.20. The molecule has 1 saturated carbocycles. The highest BCUT2D eigenvalue weighted by atomic mass is 32.2. The van der Waals surface area contributed by atoms with E-state index in [9.17, 15) is 12.8 Å². The minimum atomic E-state index is -3.20. The lowest BCUT2D eigenvalue weighted by molar-refractivity contribution is 0.319. The fraction of sp³-hybridized carbons (Fsp3) is 0.480. The number of imidazole rings is 1. The van der Waals surface area contributed by atoms with Crippen molar-refractivity contribution in [3.05, 3.63) is 59.9 Å². The van der Waals surface area contributed by atoms with Gasteiger partial charge in [0.1, 0.15) is 5.82 Å². The van der Waals surface area contributed by atoms with Gasteiger partial charge in [0.05, 0.1) is 22.8 Å². The van der Waals surface area contributed by atoms with Gasteiger partial charge in [-0.1, -0.05) is 43.5 Å². The van der Waals surface area contributed by atoms with E-state index in [4.69, 9.17) is 4.98 Å². The average molecular weight is 471 g/mol. The molecule has 33 heavy (non-hydrogen) atoms. The number of rotatable bonds is 6. The van der Waals surface area contributed by atoms with Crippen molar-refractivity contribution < 1.29 is 12.8 Å². The largest absolute Gasteiger partial charge is 0.353 e. The van der Waals surface area contributed by atoms with Gasteiger partial charge >= 0.3 is 0 Å². The summed E-state index contributed by atoms with van der Waals surface area (Å²) in [5.41, 5.74) is 2.91. The molecule has 0 spiro atoms. The smallest absolute Gasteiger partial charge is 0.216 e. The summed E-state index contributed by atoms with van der Waals surface area (Å²) in [6, 6.07) is 14.7. The van der Waals surface area contributed by atoms with Crippen LogP contribution in [0, 0.1) is 5.82 Å². The van der Waals surface area contributed by atoms with E-state index in [-0.39, 0.29) is 17.1 Å². The van der Waals surface area contributed by atoms with Crippen LogP contribution < -0.4 is 5.32 Å². The van der Waals surface area contributed by atoms with Crippen molar-refractivity contribution in [3.8, 4) is 0 Å². The van der Waals surface area contributed by atoms with Crippen LogP contribution >= 0.6 is 0 Å². The van der Waals surface area contributed by atoms with Crippen molar-refractivity contribution in [2.24, 2.45) is 0 Å². The van der Waals surface area contributed by atoms with Gasteiger partial charge in [0.2, 0.25) is 16.0 Å². The van der Waals surface area contributed by atoms with E-state index in [1.165, 1.54) is 12.1 Å². The van der Waals surface area contributed by atoms with E-state index >= 15 is 0 Å². The van der Waals surface area contributed by atoms with Crippen molar-refractivity contribution in [2.75, 3.05) is 18.4 Å². The van der Waals surface area contributed by atoms with Gasteiger partial charge in [-0.3, -0.25) is 0 Å². The van der Waals surface area contributed by atoms with Crippen LogP contribution in [0.5, 0.6) is 0 Å². The van der Waals surface area contributed by atoms with Gasteiger partial charge in [0.25, 0.3) is 0 Å². The minimum Gasteiger partial charge on any atom is -0.353 e. The summed E-state index contributed by atoms with van der Waals surface area (Å²) in [7, 11) is -3.20. The fourth-order valence-electron chi connectivity index (χ4n) is 5.13. The third-order valence-electron chi connectivity index (χ3n) is 7.03. The second-order valence-electron chi connectivity index (χ2n) is 9.26. The van der Waals surface area contributed by atoms with Crippen LogP contribution in [0.1, 0.15) is 50.5 Å². The molecule has 2 fully saturated rings. The second kappa shape index (κ2) is 9.43. The summed E-state index contributed by atoms with van der Waals surface area (Å²) in [6.45, 7) is 1.68. The molecule has 3 aromatic rings. The number of nitrogens with zero attached hydrogens (tertiary/aromatic N) is 3. The number of halogens is 1. The number of hydrogen-bond donors (Lipinski definition) is 1. The maximum absolute atomic E-state index is 13.4. The first-order valence-electron chi connectivity index (χ1n) is 12.0. The van der Waals surface area contributed by atoms with Gasteiger partial charge in [-0.2, -0.15) is 0 Å². The molecule has 1 N–H and O–H groups in total. The van der Waals surface area contributed by atoms with Crippen molar-refractivity contribution in [1.29, 1.82) is 0 Å². The quantitative estimate of drug-likeness (QED) is 0.564. The summed E-state index contributed by atoms with van der Waals surface area (Å²) in [4.78, 5) is 4.81. The van der Waals surface area contributed by atoms with Gasteiger partial charge in [-0.15, -0.1) is 0 Å². The SMILES string of the molecule is O=S(=O)(C1CCCCC1)N1CCC(Nc2nc3ccccc3n2Cc2ccc(F)cc2)CC1. The first-order valence-corrected chi connectivity index (χ1v) is 13.5. The number of nitrogens with one attached hydrogen (secondary N) is 1. The Morgan fingerprint density at radius 1 is 0.939 bits per heavy atom. The molecule has 6 nitrogen and oxygen atoms in total. The molecule has 176 valence electrons. The van der Waals surface area contributed by atoms with E-state index in [2.05, 4.69) is 9.88 Å². The van der Waals surface area contributed by atoms with Gasteiger partial charge in [0.15, 0.2) is 0 Å². The zero-order valence-electron chi connectivity index (χ0n) is 18.8. The average Bonchev–Trinajstić information content (AvgIpc) is 3.18. The summed E-state index contributed by atoms with van der Waals surface area (Å²) in [5.74, 6) is 0.525. The molecular formula is C25H31FN4O2S. The number of sulfonamides is 1. The topological polar surface area (TPSA) is 67.2 Å². The normalized spacial score (nSPS) is 19.2. The van der Waals surface area contributed by atoms with Crippen molar-refractivity contribution in [3.63, 3.8) is 0 Å². The summed E-state index contributed by atoms with van der Waals surface area (Å²) < 4.78 is 43.3. The Bertz CT molecular complexity index is 1190. The van der Waals surface area contributed by atoms with Crippen molar-refractivity contribution >= 4 is 27.0 Å². The third-order valence-corrected chi connectivity index (χ3v) is 9.43. The summed E-state index contributed by atoms with van der Waals surface area (Å²) in [5, 5.41) is 3.38. The van der Waals surface area contributed by atoms with Crippen LogP contribution in [-0.4, -0.2) is 46.7 Å². The van der Waals surface area contributed by atoms with E-state index in [0.29, 0.717) is 19.6 Å². The molecule has 0 atom stereocenters. The molecular weight excluding hydrogens is 439 g/mol. The molecule has 0 unspecified atom stereocenters. The molecule has 1 aromatic heterocycles. The highest BCUT2D eigenvalue weighted by molar-refractivity contribution is 7.89. The number of para-hydroxylation sites is 2. The zero-order chi connectivity index (χ0) is 22.8. The number of anilines is 1. The standard InChI is InChI=1S/C25H31FN4O2S/c26-20-12-10-19(11-13-20)18-30-24-9-5-4-8-23(24)28-25(30)27-21-14-16-29(17-15-21)33(31,32)22-6-2-1-3-7-22/h4-5,8-13,21-22H,1-3,6-7,14-18H2,(H,27,28). The Kier molecular flexibility index (Phi) is 6.38. The van der Waals surface area contributed by atoms with Crippen LogP contribution in [-0.2, 0) is 16.6 Å². The Hall–Kier alpha value is -2.45. The highest BCUT2D eigenvalue weighted by Crippen LogP contribution is 2.29. The zero-order valence-corrected chi connectivity index (χ0v) is 19.6. The number of fused-ring (bicyclic) bond motifs is 1. The van der Waals surface area contributed by atoms with Gasteiger partial charge in [-0.25, -0.2) is 22.1 Å². The molecule has 1 aliphatic heterocycles. The molecule has 0 amide bonds. The van der Waals surface area contributed by atoms with Crippen molar-refractivity contribution in [1.82, 2.24) is 13.9 Å². The van der Waals surface area contributed by atoms with E-state index in [1.807, 2.05) is 24.3 Å². The molecule has 1 saturated heterocycles. The minimum absolute atomic E-state index is 0.159. The van der Waals surface area contributed by atoms with E-state index < -0.39 is 10.0 Å². The molecule has 2 aromatic carbocycles. The second-order valence-corrected chi connectivity index (χ2v) is 11.5. The van der Waals surface area contributed by atoms with Crippen LogP contribution in [0.15, 0.2) is 48.5 Å². The monoisotopic (exact) mass is 470 g/mol. The maximum Gasteiger partial charge on any atom is 0.216 e. The predicted octanol–water partition coefficient (Wildman–Crippen LogP) is 4.76. The van der Waals surface area contributed by atoms with Crippen LogP contribution in [0.2, 0.25) is 0 Å². The first-order chi connectivity index (χ1) is 16.0. The Morgan fingerprint density at radius 2 is 1.64 bits per heavy atom. The summed E-state index contributed by atoms with van der Waals surface area (Å²) >= 11 is 0. The molecule has 2 aliphatic rings. The van der Waals surface area contributed by atoms with Gasteiger partial charge in [-0.05, 0) is 55.5 Å². The number of piperidine rings is 1. The van der Waals surface area contributed by atoms with Gasteiger partial charge < -0.3 is 9.88 Å². The van der Waals surface area contributed by atoms with Crippen LogP contribution in [0.3, 0.4) is 0 Å². The number of aromatic nitrogens is 2. The summed E-state index contributed by atoms with van der Waals surface area (Å²) in [6.07, 6.45) is 6.30. The predicted molar refractivity (Wildman–Crippen MR) is 129 cm³/mol. The number of benzene rings is 2. The molecule has 8 heteroatoms. The number of hydrogen-bond acceptors (Lipinski definition) is 4. The lowest BCUT2D eigenvalue weighted by Gasteiger charge is -2.35. The van der Waals surface area contributed by atoms with Crippen LogP contribution in [0.4, 0.5) is 10.3 Å². The molecule has 0 radical (unpaired) electrons. The lowest BCUT2D eigenvalue weighted by Crippen LogP contribution is -2.46. The molecule has 2 heterocycles. The Morgan fingerprint density at radius 3 is 2.36 bits per heavy atom. The van der Waals surface area contributed by atoms with Crippen molar-refractivity contribution in [2.45, 2.75) is 62.8 Å². The van der Waals surface area contributed by atoms with Gasteiger partial charge in [0, 0.05) is 19.1 Å². The Labute approximate surface area is 194 Å². The third kappa shape index (κ3) is 4.77. The lowest BCUT2D eigenvalue weighted by atomic mass is 10.0.